The number of esters is 1. The Morgan fingerprint density at radius 3 is 2.02 bits per heavy atom. The van der Waals surface area contributed by atoms with Crippen molar-refractivity contribution in [2.75, 3.05) is 6.54 Å². The Kier molecular flexibility index (Phi) is 19.6. The maximum Gasteiger partial charge on any atom is 0.322 e. The Labute approximate surface area is 336 Å². The molecule has 10 unspecified atom stereocenters. The number of amides is 1. The van der Waals surface area contributed by atoms with Gasteiger partial charge in [0.25, 0.3) is 0 Å². The molecule has 316 valence electrons. The molecule has 1 amide bonds. The summed E-state index contributed by atoms with van der Waals surface area (Å²) in [5.41, 5.74) is 0.0437. The molecule has 7 heteroatoms. The molecule has 0 radical (unpaired) electrons. The molecule has 10 atom stereocenters. The van der Waals surface area contributed by atoms with Crippen molar-refractivity contribution in [2.24, 2.45) is 46.3 Å². The molecule has 0 aliphatic heterocycles. The van der Waals surface area contributed by atoms with E-state index in [2.05, 4.69) is 45.2 Å². The molecule has 0 heterocycles. The number of carboxylic acids is 1. The molecule has 0 spiro atoms. The molecule has 0 aromatic heterocycles. The summed E-state index contributed by atoms with van der Waals surface area (Å²) < 4.78 is 6.12. The van der Waals surface area contributed by atoms with E-state index >= 15 is 0 Å². The highest BCUT2D eigenvalue weighted by Crippen LogP contribution is 2.68. The fraction of sp³-hybridized carbons (Fsp3) is 0.896. The van der Waals surface area contributed by atoms with Crippen LogP contribution < -0.4 is 5.32 Å². The molecule has 55 heavy (non-hydrogen) atoms. The standard InChI is InChI=1S/C48H83NO6/c1-5-6-7-8-9-10-11-12-13-14-15-16-17-18-19-20-21-22-23-24-46(54)55-38-31-32-47(3)37(33-38)26-27-39-41-29-28-40(48(41,4)43(50)34-42(39)47)36(2)25-30-44(51)49-35-45(52)53/h12-13,36-43,50H,5-11,14-35H2,1-4H3,(H,49,51)(H,52,53)/b13-12-. The summed E-state index contributed by atoms with van der Waals surface area (Å²) in [7, 11) is 0. The van der Waals surface area contributed by atoms with Gasteiger partial charge in [-0.3, -0.25) is 14.4 Å². The number of carbonyl (C=O) groups is 3. The summed E-state index contributed by atoms with van der Waals surface area (Å²) >= 11 is 0. The number of nitrogens with one attached hydrogen (secondary N) is 1. The van der Waals surface area contributed by atoms with Gasteiger partial charge in [0.15, 0.2) is 0 Å². The van der Waals surface area contributed by atoms with E-state index in [0.717, 1.165) is 57.8 Å². The number of carboxylic acid groups (broad SMARTS) is 1. The highest BCUT2D eigenvalue weighted by molar-refractivity contribution is 5.81. The van der Waals surface area contributed by atoms with Gasteiger partial charge in [-0.05, 0) is 136 Å². The fourth-order valence-corrected chi connectivity index (χ4v) is 12.4. The number of aliphatic carboxylic acids is 1. The Bertz CT molecular complexity index is 1190. The highest BCUT2D eigenvalue weighted by Gasteiger charge is 2.63. The summed E-state index contributed by atoms with van der Waals surface area (Å²) in [4.78, 5) is 36.0. The van der Waals surface area contributed by atoms with Gasteiger partial charge < -0.3 is 20.3 Å². The van der Waals surface area contributed by atoms with Gasteiger partial charge in [-0.25, -0.2) is 0 Å². The number of unbranched alkanes of at least 4 members (excludes halogenated alkanes) is 15. The molecule has 4 saturated carbocycles. The van der Waals surface area contributed by atoms with Crippen LogP contribution in [-0.2, 0) is 19.1 Å². The van der Waals surface area contributed by atoms with Gasteiger partial charge >= 0.3 is 11.9 Å². The molecule has 0 saturated heterocycles. The predicted molar refractivity (Wildman–Crippen MR) is 223 cm³/mol. The minimum absolute atomic E-state index is 0.00217. The van der Waals surface area contributed by atoms with Gasteiger partial charge in [0.05, 0.1) is 6.10 Å². The maximum absolute atomic E-state index is 12.9. The Hall–Kier alpha value is -1.89. The number of carbonyl (C=O) groups excluding carboxylic acids is 2. The zero-order valence-corrected chi connectivity index (χ0v) is 35.8. The molecular formula is C48H83NO6. The van der Waals surface area contributed by atoms with Crippen molar-refractivity contribution in [1.29, 1.82) is 0 Å². The number of ether oxygens (including phenoxy) is 1. The number of hydrogen-bond acceptors (Lipinski definition) is 5. The van der Waals surface area contributed by atoms with Crippen LogP contribution in [0.3, 0.4) is 0 Å². The monoisotopic (exact) mass is 770 g/mol. The Morgan fingerprint density at radius 2 is 1.38 bits per heavy atom. The molecular weight excluding hydrogens is 687 g/mol. The zero-order valence-electron chi connectivity index (χ0n) is 35.8. The summed E-state index contributed by atoms with van der Waals surface area (Å²) in [6.45, 7) is 8.99. The van der Waals surface area contributed by atoms with E-state index in [0.29, 0.717) is 48.3 Å². The molecule has 4 fully saturated rings. The maximum atomic E-state index is 12.9. The Morgan fingerprint density at radius 1 is 0.764 bits per heavy atom. The largest absolute Gasteiger partial charge is 0.480 e. The first-order valence-corrected chi connectivity index (χ1v) is 23.5. The summed E-state index contributed by atoms with van der Waals surface area (Å²) in [6, 6.07) is 0. The minimum atomic E-state index is -1.02. The van der Waals surface area contributed by atoms with Crippen LogP contribution in [0.1, 0.15) is 207 Å². The average Bonchev–Trinajstić information content (AvgIpc) is 3.53. The average molecular weight is 770 g/mol. The van der Waals surface area contributed by atoms with Crippen LogP contribution in [0, 0.1) is 46.3 Å². The number of fused-ring (bicyclic) bond motifs is 5. The lowest BCUT2D eigenvalue weighted by atomic mass is 9.43. The molecule has 4 aliphatic rings. The second kappa shape index (κ2) is 23.5. The number of rotatable bonds is 26. The SMILES string of the molecule is CCCCCCCC/C=C\CCCCCCCCCCCC(=O)OC1CCC2(C)C(CCC3C2CC(O)C2(C)C(C(C)CCC(=O)NCC(=O)O)CCC32)C1. The predicted octanol–water partition coefficient (Wildman–Crippen LogP) is 11.7. The minimum Gasteiger partial charge on any atom is -0.480 e. The second-order valence-corrected chi connectivity index (χ2v) is 19.3. The van der Waals surface area contributed by atoms with E-state index in [1.165, 1.54) is 109 Å². The molecule has 0 bridgehead atoms. The Balaban J connectivity index is 1.07. The van der Waals surface area contributed by atoms with Crippen molar-refractivity contribution >= 4 is 17.8 Å². The smallest absolute Gasteiger partial charge is 0.322 e. The van der Waals surface area contributed by atoms with Crippen LogP contribution >= 0.6 is 0 Å². The number of allylic oxidation sites excluding steroid dienone is 2. The van der Waals surface area contributed by atoms with Gasteiger partial charge in [-0.2, -0.15) is 0 Å². The van der Waals surface area contributed by atoms with Crippen molar-refractivity contribution < 1.29 is 29.3 Å². The number of aliphatic hydroxyl groups is 1. The van der Waals surface area contributed by atoms with Gasteiger partial charge in [0.2, 0.25) is 5.91 Å². The van der Waals surface area contributed by atoms with Crippen molar-refractivity contribution in [1.82, 2.24) is 5.32 Å². The number of aliphatic hydroxyl groups excluding tert-OH is 1. The third-order valence-electron chi connectivity index (χ3n) is 15.7. The van der Waals surface area contributed by atoms with Crippen LogP contribution in [0.4, 0.5) is 0 Å². The zero-order chi connectivity index (χ0) is 39.7. The first kappa shape index (κ1) is 45.8. The lowest BCUT2D eigenvalue weighted by Crippen LogP contribution is -2.59. The van der Waals surface area contributed by atoms with Gasteiger partial charge in [0, 0.05) is 12.8 Å². The summed E-state index contributed by atoms with van der Waals surface area (Å²) in [5, 5.41) is 23.3. The van der Waals surface area contributed by atoms with Gasteiger partial charge in [-0.1, -0.05) is 117 Å². The first-order valence-electron chi connectivity index (χ1n) is 23.5. The molecule has 4 aliphatic carbocycles. The van der Waals surface area contributed by atoms with E-state index in [1.54, 1.807) is 0 Å². The van der Waals surface area contributed by atoms with Crippen molar-refractivity contribution in [3.63, 3.8) is 0 Å². The normalized spacial score (nSPS) is 32.1. The molecule has 7 nitrogen and oxygen atoms in total. The second-order valence-electron chi connectivity index (χ2n) is 19.3. The summed E-state index contributed by atoms with van der Waals surface area (Å²) in [5.74, 6) is 1.61. The molecule has 0 aromatic carbocycles. The topological polar surface area (TPSA) is 113 Å². The quantitative estimate of drug-likeness (QED) is 0.0459. The third-order valence-corrected chi connectivity index (χ3v) is 15.7. The van der Waals surface area contributed by atoms with Gasteiger partial charge in [0.1, 0.15) is 12.6 Å². The first-order chi connectivity index (χ1) is 26.5. The highest BCUT2D eigenvalue weighted by atomic mass is 16.5. The van der Waals surface area contributed by atoms with Crippen LogP contribution in [0.25, 0.3) is 0 Å². The van der Waals surface area contributed by atoms with Crippen molar-refractivity contribution in [2.45, 2.75) is 220 Å². The van der Waals surface area contributed by atoms with E-state index < -0.39 is 5.97 Å². The van der Waals surface area contributed by atoms with Crippen LogP contribution in [0.15, 0.2) is 12.2 Å². The lowest BCUT2D eigenvalue weighted by molar-refractivity contribution is -0.181. The van der Waals surface area contributed by atoms with Crippen LogP contribution in [0.5, 0.6) is 0 Å². The van der Waals surface area contributed by atoms with Gasteiger partial charge in [-0.15, -0.1) is 0 Å². The summed E-state index contributed by atoms with van der Waals surface area (Å²) in [6.07, 6.45) is 36.6. The van der Waals surface area contributed by atoms with Crippen molar-refractivity contribution in [3.8, 4) is 0 Å². The molecule has 3 N–H and O–H groups in total. The number of hydrogen-bond donors (Lipinski definition) is 3. The third kappa shape index (κ3) is 13.3. The van der Waals surface area contributed by atoms with E-state index in [-0.39, 0.29) is 41.5 Å². The molecule has 4 rings (SSSR count). The van der Waals surface area contributed by atoms with Crippen LogP contribution in [0.2, 0.25) is 0 Å². The van der Waals surface area contributed by atoms with E-state index in [1.807, 2.05) is 0 Å². The van der Waals surface area contributed by atoms with E-state index in [4.69, 9.17) is 9.84 Å². The van der Waals surface area contributed by atoms with Crippen LogP contribution in [-0.4, -0.2) is 46.8 Å². The van der Waals surface area contributed by atoms with E-state index in [9.17, 15) is 19.5 Å². The van der Waals surface area contributed by atoms with Crippen molar-refractivity contribution in [3.05, 3.63) is 12.2 Å². The lowest BCUT2D eigenvalue weighted by Gasteiger charge is -2.62. The fourth-order valence-electron chi connectivity index (χ4n) is 12.4. The molecule has 0 aromatic rings.